The summed E-state index contributed by atoms with van der Waals surface area (Å²) in [5.41, 5.74) is 0.884. The molecule has 0 radical (unpaired) electrons. The van der Waals surface area contributed by atoms with Crippen LogP contribution < -0.4 is 0 Å². The number of halogens is 2. The van der Waals surface area contributed by atoms with Crippen LogP contribution in [-0.4, -0.2) is 12.6 Å². The fraction of sp³-hybridized carbons (Fsp3) is 0.588. The Labute approximate surface area is 137 Å². The van der Waals surface area contributed by atoms with Gasteiger partial charge < -0.3 is 4.74 Å². The molecule has 116 valence electrons. The Kier molecular flexibility index (Phi) is 6.38. The van der Waals surface area contributed by atoms with E-state index in [9.17, 15) is 4.79 Å². The Balaban J connectivity index is 2.61. The number of terminal acetylenes is 1. The zero-order valence-corrected chi connectivity index (χ0v) is 14.5. The van der Waals surface area contributed by atoms with Gasteiger partial charge in [-0.15, -0.1) is 6.42 Å². The number of esters is 1. The molecular weight excluding hydrogens is 307 g/mol. The Bertz CT molecular complexity index is 493. The van der Waals surface area contributed by atoms with Crippen LogP contribution in [0.25, 0.3) is 0 Å². The third-order valence-corrected chi connectivity index (χ3v) is 4.39. The maximum Gasteiger partial charge on any atom is 0.310 e. The van der Waals surface area contributed by atoms with Crippen molar-refractivity contribution in [1.82, 2.24) is 0 Å². The zero-order chi connectivity index (χ0) is 16.2. The number of rotatable bonds is 6. The van der Waals surface area contributed by atoms with Crippen molar-refractivity contribution < 1.29 is 9.53 Å². The summed E-state index contributed by atoms with van der Waals surface area (Å²) in [5, 5.41) is 0. The fourth-order valence-electron chi connectivity index (χ4n) is 2.61. The van der Waals surface area contributed by atoms with Crippen LogP contribution in [0.3, 0.4) is 0 Å². The SMILES string of the molecule is C#CC(COC(=O)C1C(C=C(Cl)Cl)C1(C)C)/C(C)=C/CC. The Morgan fingerprint density at radius 2 is 2.10 bits per heavy atom. The van der Waals surface area contributed by atoms with Gasteiger partial charge in [0.2, 0.25) is 0 Å². The average Bonchev–Trinajstić information content (AvgIpc) is 2.90. The first-order valence-corrected chi connectivity index (χ1v) is 7.83. The van der Waals surface area contributed by atoms with Crippen molar-refractivity contribution in [2.75, 3.05) is 6.61 Å². The number of carbonyl (C=O) groups is 1. The minimum Gasteiger partial charge on any atom is -0.464 e. The van der Waals surface area contributed by atoms with Crippen molar-refractivity contribution in [3.8, 4) is 12.3 Å². The molecule has 0 aromatic heterocycles. The highest BCUT2D eigenvalue weighted by Crippen LogP contribution is 2.60. The molecule has 1 aliphatic rings. The summed E-state index contributed by atoms with van der Waals surface area (Å²) in [4.78, 5) is 12.2. The summed E-state index contributed by atoms with van der Waals surface area (Å²) in [7, 11) is 0. The van der Waals surface area contributed by atoms with Gasteiger partial charge in [0.1, 0.15) is 11.1 Å². The lowest BCUT2D eigenvalue weighted by Gasteiger charge is -2.12. The summed E-state index contributed by atoms with van der Waals surface area (Å²) in [6, 6.07) is 0. The monoisotopic (exact) mass is 328 g/mol. The molecule has 0 spiro atoms. The molecule has 0 aromatic rings. The maximum absolute atomic E-state index is 12.2. The highest BCUT2D eigenvalue weighted by Gasteiger charge is 2.61. The van der Waals surface area contributed by atoms with E-state index in [4.69, 9.17) is 34.4 Å². The zero-order valence-electron chi connectivity index (χ0n) is 13.0. The van der Waals surface area contributed by atoms with Crippen molar-refractivity contribution in [3.63, 3.8) is 0 Å². The van der Waals surface area contributed by atoms with E-state index in [1.54, 1.807) is 6.08 Å². The number of hydrogen-bond donors (Lipinski definition) is 0. The number of allylic oxidation sites excluding steroid dienone is 2. The van der Waals surface area contributed by atoms with E-state index in [-0.39, 0.29) is 40.2 Å². The molecule has 4 heteroatoms. The molecule has 0 aliphatic heterocycles. The van der Waals surface area contributed by atoms with Crippen molar-refractivity contribution in [2.45, 2.75) is 34.1 Å². The van der Waals surface area contributed by atoms with E-state index in [2.05, 4.69) is 12.0 Å². The molecule has 1 fully saturated rings. The molecule has 2 nitrogen and oxygen atoms in total. The third-order valence-electron chi connectivity index (χ3n) is 4.14. The predicted octanol–water partition coefficient (Wildman–Crippen LogP) is 4.73. The van der Waals surface area contributed by atoms with Gasteiger partial charge in [0.05, 0.1) is 11.8 Å². The first-order valence-electron chi connectivity index (χ1n) is 7.07. The molecule has 3 unspecified atom stereocenters. The number of ether oxygens (including phenoxy) is 1. The highest BCUT2D eigenvalue weighted by molar-refractivity contribution is 6.55. The molecule has 1 saturated carbocycles. The van der Waals surface area contributed by atoms with E-state index < -0.39 is 0 Å². The van der Waals surface area contributed by atoms with Crippen molar-refractivity contribution in [2.24, 2.45) is 23.2 Å². The van der Waals surface area contributed by atoms with Crippen LogP contribution in [-0.2, 0) is 9.53 Å². The first-order chi connectivity index (χ1) is 9.75. The smallest absolute Gasteiger partial charge is 0.310 e. The van der Waals surface area contributed by atoms with Crippen LogP contribution in [0.1, 0.15) is 34.1 Å². The second-order valence-electron chi connectivity index (χ2n) is 5.99. The van der Waals surface area contributed by atoms with Crippen LogP contribution in [0.4, 0.5) is 0 Å². The van der Waals surface area contributed by atoms with E-state index in [0.717, 1.165) is 12.0 Å². The van der Waals surface area contributed by atoms with Crippen molar-refractivity contribution in [3.05, 3.63) is 22.2 Å². The first kappa shape index (κ1) is 18.1. The summed E-state index contributed by atoms with van der Waals surface area (Å²) in [6.45, 7) is 8.22. The van der Waals surface area contributed by atoms with Gasteiger partial charge in [-0.2, -0.15) is 0 Å². The molecule has 0 aromatic carbocycles. The van der Waals surface area contributed by atoms with E-state index >= 15 is 0 Å². The lowest BCUT2D eigenvalue weighted by molar-refractivity contribution is -0.146. The van der Waals surface area contributed by atoms with E-state index in [0.29, 0.717) is 0 Å². The summed E-state index contributed by atoms with van der Waals surface area (Å²) >= 11 is 11.4. The van der Waals surface area contributed by atoms with Crippen LogP contribution in [0, 0.1) is 35.5 Å². The average molecular weight is 329 g/mol. The van der Waals surface area contributed by atoms with Crippen molar-refractivity contribution in [1.29, 1.82) is 0 Å². The molecule has 0 N–H and O–H groups in total. The quantitative estimate of drug-likeness (QED) is 0.400. The maximum atomic E-state index is 12.2. The lowest BCUT2D eigenvalue weighted by Crippen LogP contribution is -2.17. The molecule has 1 rings (SSSR count). The second-order valence-corrected chi connectivity index (χ2v) is 6.99. The number of hydrogen-bond acceptors (Lipinski definition) is 2. The normalized spacial score (nSPS) is 24.7. The summed E-state index contributed by atoms with van der Waals surface area (Å²) < 4.78 is 5.58. The predicted molar refractivity (Wildman–Crippen MR) is 87.9 cm³/mol. The van der Waals surface area contributed by atoms with Gasteiger partial charge in [-0.3, -0.25) is 4.79 Å². The molecule has 3 atom stereocenters. The van der Waals surface area contributed by atoms with Crippen LogP contribution in [0.15, 0.2) is 22.2 Å². The van der Waals surface area contributed by atoms with Gasteiger partial charge in [-0.1, -0.05) is 61.5 Å². The summed E-state index contributed by atoms with van der Waals surface area (Å²) in [5.74, 6) is 2.08. The number of carbonyl (C=O) groups excluding carboxylic acids is 1. The van der Waals surface area contributed by atoms with E-state index in [1.165, 1.54) is 0 Å². The Morgan fingerprint density at radius 1 is 1.48 bits per heavy atom. The largest absolute Gasteiger partial charge is 0.464 e. The third kappa shape index (κ3) is 4.53. The van der Waals surface area contributed by atoms with Gasteiger partial charge in [0.15, 0.2) is 0 Å². The molecule has 21 heavy (non-hydrogen) atoms. The van der Waals surface area contributed by atoms with E-state index in [1.807, 2.05) is 27.7 Å². The van der Waals surface area contributed by atoms with Crippen LogP contribution in [0.5, 0.6) is 0 Å². The molecule has 0 amide bonds. The van der Waals surface area contributed by atoms with Gasteiger partial charge >= 0.3 is 5.97 Å². The second kappa shape index (κ2) is 7.38. The lowest BCUT2D eigenvalue weighted by atomic mass is 10.0. The Hall–Kier alpha value is -0.910. The Morgan fingerprint density at radius 3 is 2.57 bits per heavy atom. The molecule has 0 bridgehead atoms. The van der Waals surface area contributed by atoms with Gasteiger partial charge in [0.25, 0.3) is 0 Å². The van der Waals surface area contributed by atoms with Gasteiger partial charge in [-0.05, 0) is 30.8 Å². The van der Waals surface area contributed by atoms with Crippen molar-refractivity contribution >= 4 is 29.2 Å². The molecular formula is C17H22Cl2O2. The summed E-state index contributed by atoms with van der Waals surface area (Å²) in [6.07, 6.45) is 10.2. The highest BCUT2D eigenvalue weighted by atomic mass is 35.5. The minimum absolute atomic E-state index is 0.0200. The van der Waals surface area contributed by atoms with Crippen LogP contribution >= 0.6 is 23.2 Å². The fourth-order valence-corrected chi connectivity index (χ4v) is 2.88. The topological polar surface area (TPSA) is 26.3 Å². The van der Waals surface area contributed by atoms with Gasteiger partial charge in [0, 0.05) is 0 Å². The standard InChI is InChI=1S/C17H22Cl2O2/c1-6-8-11(3)12(7-2)10-21-16(20)15-13(9-14(18)19)17(15,4)5/h2,8-9,12-13,15H,6,10H2,1,3-5H3/b11-8+. The van der Waals surface area contributed by atoms with Crippen LogP contribution in [0.2, 0.25) is 0 Å². The minimum atomic E-state index is -0.236. The van der Waals surface area contributed by atoms with Gasteiger partial charge in [-0.25, -0.2) is 0 Å². The molecule has 0 heterocycles. The molecule has 1 aliphatic carbocycles. The molecule has 0 saturated heterocycles.